The Labute approximate surface area is 233 Å². The first-order valence-corrected chi connectivity index (χ1v) is 13.3. The molecule has 1 N–H and O–H groups in total. The van der Waals surface area contributed by atoms with Gasteiger partial charge in [0, 0.05) is 4.90 Å². The summed E-state index contributed by atoms with van der Waals surface area (Å²) in [6, 6.07) is 21.9. The summed E-state index contributed by atoms with van der Waals surface area (Å²) in [6.45, 7) is 0.0226. The van der Waals surface area contributed by atoms with Crippen molar-refractivity contribution >= 4 is 23.6 Å². The predicted octanol–water partition coefficient (Wildman–Crippen LogP) is 6.28. The Hall–Kier alpha value is -4.62. The van der Waals surface area contributed by atoms with Gasteiger partial charge in [0.25, 0.3) is 5.91 Å². The number of nitriles is 1. The number of benzene rings is 3. The molecule has 40 heavy (non-hydrogen) atoms. The van der Waals surface area contributed by atoms with E-state index in [4.69, 9.17) is 19.2 Å². The highest BCUT2D eigenvalue weighted by Gasteiger charge is 2.24. The minimum Gasteiger partial charge on any atom is -0.486 e. The van der Waals surface area contributed by atoms with Crippen LogP contribution in [0.1, 0.15) is 28.3 Å². The third kappa shape index (κ3) is 7.27. The zero-order chi connectivity index (χ0) is 28.5. The minimum atomic E-state index is -1.16. The van der Waals surface area contributed by atoms with E-state index in [9.17, 15) is 18.4 Å². The minimum absolute atomic E-state index is 0.00854. The van der Waals surface area contributed by atoms with E-state index >= 15 is 0 Å². The molecule has 0 spiro atoms. The van der Waals surface area contributed by atoms with Crippen molar-refractivity contribution < 1.29 is 32.3 Å². The predicted molar refractivity (Wildman–Crippen MR) is 144 cm³/mol. The number of amides is 1. The molecule has 4 aromatic rings. The van der Waals surface area contributed by atoms with E-state index in [0.717, 1.165) is 11.6 Å². The molecule has 4 rings (SSSR count). The van der Waals surface area contributed by atoms with Gasteiger partial charge in [-0.2, -0.15) is 5.26 Å². The Morgan fingerprint density at radius 2 is 1.73 bits per heavy atom. The highest BCUT2D eigenvalue weighted by molar-refractivity contribution is 7.98. The molecule has 1 unspecified atom stereocenters. The van der Waals surface area contributed by atoms with Gasteiger partial charge >= 0.3 is 5.97 Å². The molecule has 1 heterocycles. The first kappa shape index (κ1) is 28.4. The van der Waals surface area contributed by atoms with Crippen molar-refractivity contribution in [3.05, 3.63) is 108 Å². The lowest BCUT2D eigenvalue weighted by atomic mass is 10.1. The largest absolute Gasteiger partial charge is 0.486 e. The molecule has 1 atom stereocenters. The number of ether oxygens (including phenoxy) is 2. The molecule has 0 saturated carbocycles. The Morgan fingerprint density at radius 3 is 2.42 bits per heavy atom. The highest BCUT2D eigenvalue weighted by Crippen LogP contribution is 2.33. The summed E-state index contributed by atoms with van der Waals surface area (Å²) < 4.78 is 43.9. The van der Waals surface area contributed by atoms with Gasteiger partial charge in [-0.1, -0.05) is 42.5 Å². The Morgan fingerprint density at radius 1 is 1.00 bits per heavy atom. The van der Waals surface area contributed by atoms with Crippen LogP contribution in [0.4, 0.5) is 8.78 Å². The number of furan rings is 1. The van der Waals surface area contributed by atoms with Gasteiger partial charge in [0.15, 0.2) is 17.4 Å². The molecule has 204 valence electrons. The molecule has 0 aliphatic heterocycles. The van der Waals surface area contributed by atoms with Crippen LogP contribution in [0.2, 0.25) is 0 Å². The molecule has 0 radical (unpaired) electrons. The Kier molecular flexibility index (Phi) is 9.54. The summed E-state index contributed by atoms with van der Waals surface area (Å²) in [7, 11) is 0. The van der Waals surface area contributed by atoms with Crippen LogP contribution in [0.15, 0.2) is 88.2 Å². The number of nitrogens with zero attached hydrogens (tertiary/aromatic N) is 1. The number of esters is 1. The molecular formula is C30H24F2N2O5S. The molecule has 0 aliphatic carbocycles. The third-order valence-corrected chi connectivity index (χ3v) is 6.56. The molecule has 0 aliphatic rings. The normalized spacial score (nSPS) is 11.3. The zero-order valence-electron chi connectivity index (χ0n) is 21.4. The quantitative estimate of drug-likeness (QED) is 0.170. The maximum Gasteiger partial charge on any atom is 0.330 e. The number of carbonyl (C=O) groups is 2. The first-order valence-electron chi connectivity index (χ1n) is 12.1. The lowest BCUT2D eigenvalue weighted by molar-refractivity contribution is -0.147. The molecule has 0 saturated heterocycles. The Balaban J connectivity index is 1.33. The van der Waals surface area contributed by atoms with E-state index in [-0.39, 0.29) is 25.4 Å². The number of halogens is 2. The maximum atomic E-state index is 13.8. The topological polar surface area (TPSA) is 102 Å². The molecule has 3 aromatic carbocycles. The summed E-state index contributed by atoms with van der Waals surface area (Å²) >= 11 is 1.31. The molecule has 10 heteroatoms. The van der Waals surface area contributed by atoms with E-state index < -0.39 is 29.6 Å². The van der Waals surface area contributed by atoms with E-state index in [2.05, 4.69) is 5.32 Å². The number of thioether (sulfide) groups is 1. The van der Waals surface area contributed by atoms with Crippen molar-refractivity contribution in [2.24, 2.45) is 0 Å². The molecule has 1 aromatic heterocycles. The number of hydrogen-bond donors (Lipinski definition) is 1. The fraction of sp³-hybridized carbons (Fsp3) is 0.167. The van der Waals surface area contributed by atoms with Gasteiger partial charge in [-0.3, -0.25) is 4.79 Å². The number of hydrogen-bond acceptors (Lipinski definition) is 7. The fourth-order valence-electron chi connectivity index (χ4n) is 3.73. The monoisotopic (exact) mass is 562 g/mol. The van der Waals surface area contributed by atoms with E-state index in [1.54, 1.807) is 48.7 Å². The van der Waals surface area contributed by atoms with Crippen LogP contribution in [0, 0.1) is 23.0 Å². The van der Waals surface area contributed by atoms with Crippen LogP contribution in [0.25, 0.3) is 11.1 Å². The number of rotatable bonds is 11. The lowest BCUT2D eigenvalue weighted by Crippen LogP contribution is -2.41. The smallest absolute Gasteiger partial charge is 0.330 e. The Bertz CT molecular complexity index is 1520. The maximum absolute atomic E-state index is 13.8. The summed E-state index contributed by atoms with van der Waals surface area (Å²) in [4.78, 5) is 25.7. The van der Waals surface area contributed by atoms with Crippen molar-refractivity contribution in [3.63, 3.8) is 0 Å². The standard InChI is InChI=1S/C30H24F2N2O5S/c1-40-28-16-25(32)24(31)15-23(28)20-7-9-21(10-8-20)37-18-22-11-12-27(39-22)29(35)34-26(13-14-33)30(36)38-17-19-5-3-2-4-6-19/h2-12,15-16,26H,13,17-18H2,1H3,(H,34,35). The second-order valence-electron chi connectivity index (χ2n) is 8.53. The summed E-state index contributed by atoms with van der Waals surface area (Å²) in [5.41, 5.74) is 2.04. The molecule has 7 nitrogen and oxygen atoms in total. The van der Waals surface area contributed by atoms with E-state index in [1.165, 1.54) is 23.9 Å². The van der Waals surface area contributed by atoms with Crippen LogP contribution < -0.4 is 10.1 Å². The SMILES string of the molecule is CSc1cc(F)c(F)cc1-c1ccc(OCc2ccc(C(=O)NC(CC#N)C(=O)OCc3ccccc3)o2)cc1. The first-order chi connectivity index (χ1) is 19.4. The van der Waals surface area contributed by atoms with Crippen molar-refractivity contribution in [3.8, 4) is 22.9 Å². The van der Waals surface area contributed by atoms with Crippen molar-refractivity contribution in [1.29, 1.82) is 5.26 Å². The van der Waals surface area contributed by atoms with Crippen LogP contribution in [-0.4, -0.2) is 24.2 Å². The van der Waals surface area contributed by atoms with Gasteiger partial charge in [-0.05, 0) is 59.3 Å². The zero-order valence-corrected chi connectivity index (χ0v) is 22.2. The molecule has 1 amide bonds. The second kappa shape index (κ2) is 13.4. The fourth-order valence-corrected chi connectivity index (χ4v) is 4.35. The van der Waals surface area contributed by atoms with Gasteiger partial charge in [0.1, 0.15) is 30.8 Å². The van der Waals surface area contributed by atoms with Crippen LogP contribution in [0.5, 0.6) is 5.75 Å². The number of carbonyl (C=O) groups excluding carboxylic acids is 2. The van der Waals surface area contributed by atoms with Crippen molar-refractivity contribution in [2.75, 3.05) is 6.26 Å². The average Bonchev–Trinajstić information content (AvgIpc) is 3.46. The van der Waals surface area contributed by atoms with Gasteiger partial charge in [-0.15, -0.1) is 11.8 Å². The summed E-state index contributed by atoms with van der Waals surface area (Å²) in [5.74, 6) is -2.45. The van der Waals surface area contributed by atoms with Gasteiger partial charge in [-0.25, -0.2) is 13.6 Å². The summed E-state index contributed by atoms with van der Waals surface area (Å²) in [5, 5.41) is 11.6. The second-order valence-corrected chi connectivity index (χ2v) is 9.38. The third-order valence-electron chi connectivity index (χ3n) is 5.78. The highest BCUT2D eigenvalue weighted by atomic mass is 32.2. The lowest BCUT2D eigenvalue weighted by Gasteiger charge is -2.14. The van der Waals surface area contributed by atoms with Crippen LogP contribution in [-0.2, 0) is 22.7 Å². The molecular weight excluding hydrogens is 538 g/mol. The summed E-state index contributed by atoms with van der Waals surface area (Å²) in [6.07, 6.45) is 1.52. The van der Waals surface area contributed by atoms with E-state index in [1.807, 2.05) is 24.3 Å². The van der Waals surface area contributed by atoms with Gasteiger partial charge in [0.05, 0.1) is 12.5 Å². The van der Waals surface area contributed by atoms with Gasteiger partial charge in [0.2, 0.25) is 0 Å². The van der Waals surface area contributed by atoms with Gasteiger partial charge < -0.3 is 19.2 Å². The van der Waals surface area contributed by atoms with Crippen molar-refractivity contribution in [1.82, 2.24) is 5.32 Å². The van der Waals surface area contributed by atoms with Crippen LogP contribution >= 0.6 is 11.8 Å². The molecule has 0 bridgehead atoms. The molecule has 0 fully saturated rings. The van der Waals surface area contributed by atoms with E-state index in [0.29, 0.717) is 27.5 Å². The number of nitrogens with one attached hydrogen (secondary N) is 1. The van der Waals surface area contributed by atoms with Crippen LogP contribution in [0.3, 0.4) is 0 Å². The average molecular weight is 563 g/mol. The van der Waals surface area contributed by atoms with Crippen molar-refractivity contribution in [2.45, 2.75) is 30.6 Å².